The molecule has 0 saturated heterocycles. The molecule has 9 heavy (non-hydrogen) atoms. The van der Waals surface area contributed by atoms with E-state index in [1.807, 2.05) is 0 Å². The minimum atomic E-state index is -2.85. The predicted octanol–water partition coefficient (Wildman–Crippen LogP) is -7.51. The van der Waals surface area contributed by atoms with Gasteiger partial charge in [0.1, 0.15) is 0 Å². The fraction of sp³-hybridized carbons (Fsp3) is 0. The maximum Gasteiger partial charge on any atom is 2.00 e. The van der Waals surface area contributed by atoms with Crippen LogP contribution in [0.25, 0.3) is 0 Å². The molecule has 0 aromatic carbocycles. The van der Waals surface area contributed by atoms with Gasteiger partial charge in [-0.1, -0.05) is 0 Å². The Balaban J connectivity index is -0.0000000720. The Labute approximate surface area is 97.0 Å². The van der Waals surface area contributed by atoms with Gasteiger partial charge < -0.3 is 28.0 Å². The summed E-state index contributed by atoms with van der Waals surface area (Å²) in [6, 6.07) is 0. The maximum absolute atomic E-state index is 8.41. The van der Waals surface area contributed by atoms with E-state index in [1.54, 1.807) is 0 Å². The van der Waals surface area contributed by atoms with E-state index in [0.717, 1.165) is 0 Å². The zero-order valence-corrected chi connectivity index (χ0v) is 9.87. The van der Waals surface area contributed by atoms with E-state index in [9.17, 15) is 0 Å². The van der Waals surface area contributed by atoms with Gasteiger partial charge in [-0.15, -0.1) is 0 Å². The number of hydrogen-bond acceptors (Lipinski definition) is 6. The molecule has 0 unspecified atom stereocenters. The molecule has 9 heteroatoms. The normalized spacial score (nSPS) is 8.00. The van der Waals surface area contributed by atoms with Gasteiger partial charge in [0.25, 0.3) is 0 Å². The Kier molecular flexibility index (Phi) is 23.9. The summed E-state index contributed by atoms with van der Waals surface area (Å²) in [6.45, 7) is 0. The number of halogens is 2. The standard InChI is InChI=1S/Ba.2ClO3/c;2*2-1(3)4/q+2;2*-1. The number of hydrogen-bond donors (Lipinski definition) is 0. The third-order valence-electron chi connectivity index (χ3n) is 0. The van der Waals surface area contributed by atoms with Crippen LogP contribution in [0.15, 0.2) is 0 Å². The van der Waals surface area contributed by atoms with E-state index in [2.05, 4.69) is 0 Å². The second kappa shape index (κ2) is 12.6. The fourth-order valence-electron chi connectivity index (χ4n) is 0. The molecule has 0 amide bonds. The molecule has 0 saturated carbocycles. The van der Waals surface area contributed by atoms with Gasteiger partial charge in [-0.3, -0.25) is 0 Å². The van der Waals surface area contributed by atoms with Gasteiger partial charge in [0, 0.05) is 0 Å². The molecule has 0 spiro atoms. The van der Waals surface area contributed by atoms with Crippen molar-refractivity contribution in [2.75, 3.05) is 0 Å². The molecule has 6 nitrogen and oxygen atoms in total. The van der Waals surface area contributed by atoms with Crippen LogP contribution in [0.5, 0.6) is 0 Å². The molecule has 0 aliphatic heterocycles. The second-order valence-corrected chi connectivity index (χ2v) is 1.13. The van der Waals surface area contributed by atoms with E-state index in [4.69, 9.17) is 28.0 Å². The van der Waals surface area contributed by atoms with Gasteiger partial charge in [-0.05, 0) is 0 Å². The molecule has 0 heterocycles. The first kappa shape index (κ1) is 17.1. The summed E-state index contributed by atoms with van der Waals surface area (Å²) in [5.41, 5.74) is 0. The van der Waals surface area contributed by atoms with Crippen molar-refractivity contribution in [3.8, 4) is 0 Å². The van der Waals surface area contributed by atoms with Gasteiger partial charge in [-0.2, -0.15) is 0 Å². The van der Waals surface area contributed by atoms with Crippen LogP contribution < -0.4 is 28.0 Å². The van der Waals surface area contributed by atoms with E-state index in [0.29, 0.717) is 0 Å². The molecule has 0 atom stereocenters. The Hall–Kier alpha value is 1.91. The zero-order valence-electron chi connectivity index (χ0n) is 3.91. The maximum atomic E-state index is 8.41. The Morgan fingerprint density at radius 1 is 0.556 bits per heavy atom. The molecular weight excluding hydrogens is 304 g/mol. The van der Waals surface area contributed by atoms with Crippen molar-refractivity contribution >= 4 is 48.9 Å². The van der Waals surface area contributed by atoms with E-state index in [-0.39, 0.29) is 48.9 Å². The van der Waals surface area contributed by atoms with Crippen molar-refractivity contribution in [3.05, 3.63) is 0 Å². The van der Waals surface area contributed by atoms with Crippen molar-refractivity contribution in [1.82, 2.24) is 0 Å². The van der Waals surface area contributed by atoms with Gasteiger partial charge in [0.15, 0.2) is 0 Å². The first-order valence-electron chi connectivity index (χ1n) is 0.926. The molecular formula is BaCl2O6. The first-order chi connectivity index (χ1) is 3.46. The minimum Gasteiger partial charge on any atom is -0.357 e. The molecule has 0 radical (unpaired) electrons. The van der Waals surface area contributed by atoms with Crippen LogP contribution in [0, 0.1) is 21.6 Å². The van der Waals surface area contributed by atoms with Gasteiger partial charge in [0.05, 0.1) is 21.6 Å². The molecule has 0 rings (SSSR count). The van der Waals surface area contributed by atoms with E-state index < -0.39 is 21.6 Å². The largest absolute Gasteiger partial charge is 2.00 e. The van der Waals surface area contributed by atoms with E-state index in [1.165, 1.54) is 0 Å². The average molecular weight is 304 g/mol. The molecule has 0 bridgehead atoms. The summed E-state index contributed by atoms with van der Waals surface area (Å²) in [5, 5.41) is 0. The van der Waals surface area contributed by atoms with Gasteiger partial charge >= 0.3 is 48.9 Å². The number of rotatable bonds is 0. The summed E-state index contributed by atoms with van der Waals surface area (Å²) in [6.07, 6.45) is 0. The van der Waals surface area contributed by atoms with Crippen LogP contribution >= 0.6 is 0 Å². The first-order valence-corrected chi connectivity index (χ1v) is 2.78. The molecule has 0 fully saturated rings. The quantitative estimate of drug-likeness (QED) is 0.407. The van der Waals surface area contributed by atoms with Crippen molar-refractivity contribution < 1.29 is 49.5 Å². The Morgan fingerprint density at radius 3 is 0.556 bits per heavy atom. The summed E-state index contributed by atoms with van der Waals surface area (Å²) < 4.78 is 50.4. The third-order valence-corrected chi connectivity index (χ3v) is 0. The molecule has 0 aliphatic rings. The minimum absolute atomic E-state index is 0. The second-order valence-electron chi connectivity index (χ2n) is 0.378. The SMILES string of the molecule is [Ba+2].[O-][Cl+2]([O-])[O-].[O-][Cl+2]([O-])[O-]. The van der Waals surface area contributed by atoms with E-state index >= 15 is 0 Å². The molecule has 0 N–H and O–H groups in total. The topological polar surface area (TPSA) is 138 Å². The fourth-order valence-corrected chi connectivity index (χ4v) is 0. The predicted molar refractivity (Wildman–Crippen MR) is 5.75 cm³/mol. The smallest absolute Gasteiger partial charge is 0.357 e. The monoisotopic (exact) mass is 304 g/mol. The third kappa shape index (κ3) is 170. The van der Waals surface area contributed by atoms with Crippen LogP contribution in [0.1, 0.15) is 0 Å². The van der Waals surface area contributed by atoms with Crippen molar-refractivity contribution in [2.45, 2.75) is 0 Å². The average Bonchev–Trinajstić information content (AvgIpc) is 1.25. The molecule has 0 aromatic rings. The van der Waals surface area contributed by atoms with Crippen LogP contribution in [-0.2, 0) is 0 Å². The Morgan fingerprint density at radius 2 is 0.556 bits per heavy atom. The summed E-state index contributed by atoms with van der Waals surface area (Å²) in [4.78, 5) is 0. The van der Waals surface area contributed by atoms with Crippen LogP contribution in [0.3, 0.4) is 0 Å². The summed E-state index contributed by atoms with van der Waals surface area (Å²) in [5.74, 6) is 0. The van der Waals surface area contributed by atoms with Crippen molar-refractivity contribution in [1.29, 1.82) is 0 Å². The van der Waals surface area contributed by atoms with Gasteiger partial charge in [0.2, 0.25) is 0 Å². The molecule has 52 valence electrons. The zero-order chi connectivity index (χ0) is 7.15. The summed E-state index contributed by atoms with van der Waals surface area (Å²) >= 11 is 0. The Bertz CT molecular complexity index is 26.5. The summed E-state index contributed by atoms with van der Waals surface area (Å²) in [7, 11) is -5.70. The molecule has 0 aromatic heterocycles. The van der Waals surface area contributed by atoms with Crippen molar-refractivity contribution in [3.63, 3.8) is 0 Å². The van der Waals surface area contributed by atoms with Crippen LogP contribution in [-0.4, -0.2) is 48.9 Å². The van der Waals surface area contributed by atoms with Crippen molar-refractivity contribution in [2.24, 2.45) is 0 Å². The van der Waals surface area contributed by atoms with Gasteiger partial charge in [-0.25, -0.2) is 0 Å². The molecule has 0 aliphatic carbocycles. The van der Waals surface area contributed by atoms with Crippen LogP contribution in [0.2, 0.25) is 0 Å². The van der Waals surface area contributed by atoms with Crippen LogP contribution in [0.4, 0.5) is 0 Å².